The first-order valence-corrected chi connectivity index (χ1v) is 8.92. The molecule has 0 saturated carbocycles. The van der Waals surface area contributed by atoms with Gasteiger partial charge in [-0.25, -0.2) is 4.79 Å². The lowest BCUT2D eigenvalue weighted by Gasteiger charge is -2.27. The Balaban J connectivity index is 1.74. The van der Waals surface area contributed by atoms with E-state index < -0.39 is 12.1 Å². The number of carbonyl (C=O) groups is 2. The van der Waals surface area contributed by atoms with Crippen LogP contribution < -0.4 is 11.1 Å². The van der Waals surface area contributed by atoms with E-state index in [9.17, 15) is 9.59 Å². The van der Waals surface area contributed by atoms with Crippen molar-refractivity contribution in [3.8, 4) is 0 Å². The van der Waals surface area contributed by atoms with Gasteiger partial charge in [-0.2, -0.15) is 0 Å². The number of carbonyl (C=O) groups excluding carboxylic acids is 2. The summed E-state index contributed by atoms with van der Waals surface area (Å²) in [6.07, 6.45) is 1.33. The minimum Gasteiger partial charge on any atom is -0.352 e. The molecule has 1 saturated heterocycles. The van der Waals surface area contributed by atoms with Gasteiger partial charge in [-0.15, -0.1) is 0 Å². The van der Waals surface area contributed by atoms with Crippen LogP contribution in [0.1, 0.15) is 24.5 Å². The number of rotatable bonds is 5. The van der Waals surface area contributed by atoms with Gasteiger partial charge in [0.25, 0.3) is 0 Å². The Bertz CT molecular complexity index is 763. The molecule has 136 valence electrons. The van der Waals surface area contributed by atoms with E-state index in [2.05, 4.69) is 24.4 Å². The van der Waals surface area contributed by atoms with Gasteiger partial charge in [0.05, 0.1) is 0 Å². The Kier molecular flexibility index (Phi) is 5.26. The van der Waals surface area contributed by atoms with Crippen molar-refractivity contribution in [3.63, 3.8) is 0 Å². The number of urea groups is 1. The number of nitrogens with zero attached hydrogens (tertiary/aromatic N) is 1. The minimum absolute atomic E-state index is 0.0685. The molecule has 1 aliphatic rings. The van der Waals surface area contributed by atoms with E-state index >= 15 is 0 Å². The molecule has 5 nitrogen and oxygen atoms in total. The lowest BCUT2D eigenvalue weighted by atomic mass is 9.82. The first-order valence-electron chi connectivity index (χ1n) is 8.92. The highest BCUT2D eigenvalue weighted by molar-refractivity contribution is 5.87. The Hall–Kier alpha value is -2.82. The number of nitrogens with one attached hydrogen (secondary N) is 1. The molecule has 2 aromatic carbocycles. The monoisotopic (exact) mass is 351 g/mol. The lowest BCUT2D eigenvalue weighted by molar-refractivity contribution is -0.132. The number of benzene rings is 2. The van der Waals surface area contributed by atoms with Crippen molar-refractivity contribution < 1.29 is 9.59 Å². The average molecular weight is 351 g/mol. The van der Waals surface area contributed by atoms with Crippen molar-refractivity contribution in [2.45, 2.75) is 31.2 Å². The maximum atomic E-state index is 13.1. The van der Waals surface area contributed by atoms with Gasteiger partial charge in [0, 0.05) is 24.9 Å². The molecule has 3 N–H and O–H groups in total. The summed E-state index contributed by atoms with van der Waals surface area (Å²) in [6.45, 7) is 3.50. The molecule has 3 rings (SSSR count). The normalized spacial score (nSPS) is 20.6. The molecule has 2 atom stereocenters. The molecule has 1 heterocycles. The van der Waals surface area contributed by atoms with Crippen LogP contribution in [0.5, 0.6) is 0 Å². The van der Waals surface area contributed by atoms with E-state index in [4.69, 9.17) is 5.73 Å². The zero-order valence-corrected chi connectivity index (χ0v) is 15.0. The van der Waals surface area contributed by atoms with Crippen LogP contribution in [0.3, 0.4) is 0 Å². The molecule has 1 aliphatic heterocycles. The highest BCUT2D eigenvalue weighted by Gasteiger charge is 2.39. The third kappa shape index (κ3) is 4.04. The maximum Gasteiger partial charge on any atom is 0.312 e. The Morgan fingerprint density at radius 1 is 1.12 bits per heavy atom. The van der Waals surface area contributed by atoms with Crippen molar-refractivity contribution in [2.24, 2.45) is 5.73 Å². The molecule has 2 unspecified atom stereocenters. The third-order valence-electron chi connectivity index (χ3n) is 5.15. The van der Waals surface area contributed by atoms with Gasteiger partial charge in [-0.3, -0.25) is 4.79 Å². The molecule has 0 aliphatic carbocycles. The molecule has 0 bridgehead atoms. The zero-order valence-electron chi connectivity index (χ0n) is 15.0. The fraction of sp³-hybridized carbons (Fsp3) is 0.333. The van der Waals surface area contributed by atoms with E-state index in [-0.39, 0.29) is 11.3 Å². The van der Waals surface area contributed by atoms with Crippen molar-refractivity contribution in [1.82, 2.24) is 10.2 Å². The second-order valence-corrected chi connectivity index (χ2v) is 7.19. The molecule has 3 amide bonds. The molecule has 0 spiro atoms. The number of hydrogen-bond donors (Lipinski definition) is 2. The summed E-state index contributed by atoms with van der Waals surface area (Å²) in [5, 5.41) is 2.62. The average Bonchev–Trinajstić information content (AvgIpc) is 3.05. The number of likely N-dealkylation sites (tertiary alicyclic amines) is 1. The topological polar surface area (TPSA) is 75.4 Å². The first-order chi connectivity index (χ1) is 12.5. The van der Waals surface area contributed by atoms with E-state index in [1.54, 1.807) is 0 Å². The van der Waals surface area contributed by atoms with Gasteiger partial charge in [0.1, 0.15) is 6.04 Å². The smallest absolute Gasteiger partial charge is 0.312 e. The molecule has 5 heteroatoms. The molecule has 2 aromatic rings. The lowest BCUT2D eigenvalue weighted by Crippen LogP contribution is -2.51. The van der Waals surface area contributed by atoms with E-state index in [1.807, 2.05) is 53.4 Å². The molecule has 26 heavy (non-hydrogen) atoms. The summed E-state index contributed by atoms with van der Waals surface area (Å²) in [4.78, 5) is 26.3. The first kappa shape index (κ1) is 18.0. The minimum atomic E-state index is -0.677. The molecule has 0 aromatic heterocycles. The van der Waals surface area contributed by atoms with Gasteiger partial charge >= 0.3 is 6.03 Å². The summed E-state index contributed by atoms with van der Waals surface area (Å²) in [5.74, 6) is -0.0766. The predicted octanol–water partition coefficient (Wildman–Crippen LogP) is 2.46. The van der Waals surface area contributed by atoms with E-state index in [1.165, 1.54) is 5.56 Å². The van der Waals surface area contributed by atoms with E-state index in [0.717, 1.165) is 12.0 Å². The van der Waals surface area contributed by atoms with Crippen molar-refractivity contribution in [2.75, 3.05) is 13.1 Å². The van der Waals surface area contributed by atoms with Crippen molar-refractivity contribution in [1.29, 1.82) is 0 Å². The largest absolute Gasteiger partial charge is 0.352 e. The van der Waals surface area contributed by atoms with Gasteiger partial charge < -0.3 is 16.0 Å². The van der Waals surface area contributed by atoms with Crippen LogP contribution in [-0.4, -0.2) is 36.0 Å². The molecular weight excluding hydrogens is 326 g/mol. The number of hydrogen-bond acceptors (Lipinski definition) is 2. The zero-order chi connectivity index (χ0) is 18.6. The third-order valence-corrected chi connectivity index (χ3v) is 5.15. The highest BCUT2D eigenvalue weighted by Crippen LogP contribution is 2.34. The summed E-state index contributed by atoms with van der Waals surface area (Å²) in [5.41, 5.74) is 7.46. The van der Waals surface area contributed by atoms with Gasteiger partial charge in [-0.1, -0.05) is 67.6 Å². The number of nitrogens with two attached hydrogens (primary N) is 1. The van der Waals surface area contributed by atoms with Crippen LogP contribution in [-0.2, 0) is 16.6 Å². The van der Waals surface area contributed by atoms with Crippen LogP contribution in [0.2, 0.25) is 0 Å². The van der Waals surface area contributed by atoms with Gasteiger partial charge in [-0.05, 0) is 17.5 Å². The van der Waals surface area contributed by atoms with Crippen molar-refractivity contribution >= 4 is 11.9 Å². The Morgan fingerprint density at radius 3 is 2.35 bits per heavy atom. The summed E-state index contributed by atoms with van der Waals surface area (Å²) >= 11 is 0. The Labute approximate surface area is 154 Å². The van der Waals surface area contributed by atoms with Crippen molar-refractivity contribution in [3.05, 3.63) is 71.8 Å². The highest BCUT2D eigenvalue weighted by atomic mass is 16.2. The van der Waals surface area contributed by atoms with Gasteiger partial charge in [0.15, 0.2) is 0 Å². The van der Waals surface area contributed by atoms with Gasteiger partial charge in [0.2, 0.25) is 5.91 Å². The fourth-order valence-electron chi connectivity index (χ4n) is 3.67. The van der Waals surface area contributed by atoms with Crippen LogP contribution in [0.15, 0.2) is 60.7 Å². The number of primary amides is 1. The quantitative estimate of drug-likeness (QED) is 0.868. The molecule has 0 radical (unpaired) electrons. The SMILES string of the molecule is CC1(c2ccccc2)CCN(C(=O)C(Cc2ccccc2)NC(N)=O)C1. The van der Waals surface area contributed by atoms with Crippen LogP contribution in [0.4, 0.5) is 4.79 Å². The van der Waals surface area contributed by atoms with Crippen LogP contribution >= 0.6 is 0 Å². The summed E-state index contributed by atoms with van der Waals surface area (Å²) in [7, 11) is 0. The standard InChI is InChI=1S/C21H25N3O2/c1-21(17-10-6-3-7-11-17)12-13-24(15-21)19(25)18(23-20(22)26)14-16-8-4-2-5-9-16/h2-11,18H,12-15H2,1H3,(H3,22,23,26). The van der Waals surface area contributed by atoms with Crippen LogP contribution in [0.25, 0.3) is 0 Å². The summed E-state index contributed by atoms with van der Waals surface area (Å²) in [6, 6.07) is 18.6. The molecular formula is C21H25N3O2. The second kappa shape index (κ2) is 7.60. The Morgan fingerprint density at radius 2 is 1.73 bits per heavy atom. The maximum absolute atomic E-state index is 13.1. The predicted molar refractivity (Wildman–Crippen MR) is 102 cm³/mol. The summed E-state index contributed by atoms with van der Waals surface area (Å²) < 4.78 is 0. The molecule has 1 fully saturated rings. The second-order valence-electron chi connectivity index (χ2n) is 7.19. The fourth-order valence-corrected chi connectivity index (χ4v) is 3.67. The number of amides is 3. The van der Waals surface area contributed by atoms with E-state index in [0.29, 0.717) is 19.5 Å². The van der Waals surface area contributed by atoms with Crippen LogP contribution in [0, 0.1) is 0 Å².